The number of rotatable bonds is 8. The lowest BCUT2D eigenvalue weighted by atomic mass is 10.2. The van der Waals surface area contributed by atoms with Crippen molar-refractivity contribution in [2.45, 2.75) is 24.8 Å². The summed E-state index contributed by atoms with van der Waals surface area (Å²) >= 11 is 0. The Hall–Kier alpha value is -3.52. The smallest absolute Gasteiger partial charge is 0.265 e. The molecule has 0 heterocycles. The van der Waals surface area contributed by atoms with E-state index in [1.54, 1.807) is 43.3 Å². The molecule has 0 aliphatic carbocycles. The van der Waals surface area contributed by atoms with Crippen molar-refractivity contribution in [2.24, 2.45) is 0 Å². The lowest BCUT2D eigenvalue weighted by Crippen LogP contribution is -2.30. The number of ether oxygens (including phenoxy) is 2. The highest BCUT2D eigenvalue weighted by Gasteiger charge is 2.18. The molecule has 0 saturated heterocycles. The molecule has 0 aliphatic rings. The average molecular weight is 441 g/mol. The fourth-order valence-corrected chi connectivity index (χ4v) is 3.82. The number of para-hydroxylation sites is 2. The highest BCUT2D eigenvalue weighted by molar-refractivity contribution is 7.92. The summed E-state index contributed by atoms with van der Waals surface area (Å²) in [5, 5.41) is 2.71. The van der Waals surface area contributed by atoms with Crippen LogP contribution in [0.1, 0.15) is 12.5 Å². The monoisotopic (exact) mass is 440 g/mol. The number of carbonyl (C=O) groups is 1. The van der Waals surface area contributed by atoms with Crippen molar-refractivity contribution in [2.75, 3.05) is 17.1 Å². The normalized spacial score (nSPS) is 12.0. The number of aryl methyl sites for hydroxylation is 1. The van der Waals surface area contributed by atoms with Crippen molar-refractivity contribution in [3.8, 4) is 11.5 Å². The molecule has 3 aromatic rings. The maximum absolute atomic E-state index is 12.6. The summed E-state index contributed by atoms with van der Waals surface area (Å²) in [6, 6.07) is 20.0. The molecule has 7 nitrogen and oxygen atoms in total. The van der Waals surface area contributed by atoms with Crippen LogP contribution >= 0.6 is 0 Å². The predicted molar refractivity (Wildman–Crippen MR) is 120 cm³/mol. The second-order valence-electron chi connectivity index (χ2n) is 6.90. The molecule has 162 valence electrons. The molecule has 3 rings (SSSR count). The van der Waals surface area contributed by atoms with Crippen LogP contribution < -0.4 is 19.5 Å². The zero-order valence-electron chi connectivity index (χ0n) is 17.5. The molecule has 0 bridgehead atoms. The molecule has 2 N–H and O–H groups in total. The van der Waals surface area contributed by atoms with E-state index >= 15 is 0 Å². The third-order valence-electron chi connectivity index (χ3n) is 4.48. The average Bonchev–Trinajstić information content (AvgIpc) is 2.76. The Balaban J connectivity index is 1.64. The summed E-state index contributed by atoms with van der Waals surface area (Å²) < 4.78 is 38.6. The molecule has 3 aromatic carbocycles. The van der Waals surface area contributed by atoms with Crippen LogP contribution in [0.15, 0.2) is 77.7 Å². The molecule has 0 spiro atoms. The number of hydrogen-bond acceptors (Lipinski definition) is 5. The third-order valence-corrected chi connectivity index (χ3v) is 5.88. The maximum Gasteiger partial charge on any atom is 0.265 e. The van der Waals surface area contributed by atoms with Crippen LogP contribution in [0.3, 0.4) is 0 Å². The Labute approximate surface area is 182 Å². The zero-order chi connectivity index (χ0) is 22.4. The standard InChI is InChI=1S/C23H24N2O5S/c1-16-8-10-19(11-9-16)25-31(27,28)20-14-12-18(13-15-20)24-23(26)17(2)30-22-7-5-4-6-21(22)29-3/h4-15,17,25H,1-3H3,(H,24,26)/t17-/m0/s1. The van der Waals surface area contributed by atoms with Crippen molar-refractivity contribution < 1.29 is 22.7 Å². The highest BCUT2D eigenvalue weighted by atomic mass is 32.2. The van der Waals surface area contributed by atoms with Gasteiger partial charge in [-0.1, -0.05) is 29.8 Å². The molecule has 8 heteroatoms. The topological polar surface area (TPSA) is 93.7 Å². The largest absolute Gasteiger partial charge is 0.493 e. The first-order valence-corrected chi connectivity index (χ1v) is 11.1. The predicted octanol–water partition coefficient (Wildman–Crippen LogP) is 4.21. The Kier molecular flexibility index (Phi) is 6.81. The number of carbonyl (C=O) groups excluding carboxylic acids is 1. The van der Waals surface area contributed by atoms with Gasteiger partial charge >= 0.3 is 0 Å². The number of nitrogens with one attached hydrogen (secondary N) is 2. The minimum atomic E-state index is -3.74. The molecule has 0 fully saturated rings. The Morgan fingerprint density at radius 3 is 2.06 bits per heavy atom. The molecule has 1 atom stereocenters. The summed E-state index contributed by atoms with van der Waals surface area (Å²) in [5.41, 5.74) is 1.96. The number of anilines is 2. The van der Waals surface area contributed by atoms with Gasteiger partial charge in [0, 0.05) is 11.4 Å². The van der Waals surface area contributed by atoms with E-state index in [0.29, 0.717) is 22.9 Å². The summed E-state index contributed by atoms with van der Waals surface area (Å²) in [5.74, 6) is 0.605. The summed E-state index contributed by atoms with van der Waals surface area (Å²) in [6.45, 7) is 3.54. The van der Waals surface area contributed by atoms with Gasteiger partial charge in [-0.05, 0) is 62.4 Å². The fourth-order valence-electron chi connectivity index (χ4n) is 2.76. The van der Waals surface area contributed by atoms with Gasteiger partial charge in [0.15, 0.2) is 17.6 Å². The maximum atomic E-state index is 12.6. The number of benzene rings is 3. The molecule has 0 aromatic heterocycles. The summed E-state index contributed by atoms with van der Waals surface area (Å²) in [7, 11) is -2.21. The van der Waals surface area contributed by atoms with Gasteiger partial charge in [-0.3, -0.25) is 9.52 Å². The second kappa shape index (κ2) is 9.53. The van der Waals surface area contributed by atoms with Gasteiger partial charge in [0.25, 0.3) is 15.9 Å². The second-order valence-corrected chi connectivity index (χ2v) is 8.58. The van der Waals surface area contributed by atoms with Gasteiger partial charge in [0.1, 0.15) is 0 Å². The van der Waals surface area contributed by atoms with Gasteiger partial charge in [0.05, 0.1) is 12.0 Å². The van der Waals surface area contributed by atoms with E-state index in [1.807, 2.05) is 19.1 Å². The quantitative estimate of drug-likeness (QED) is 0.547. The van der Waals surface area contributed by atoms with E-state index < -0.39 is 16.1 Å². The van der Waals surface area contributed by atoms with Crippen LogP contribution in [0.4, 0.5) is 11.4 Å². The molecular weight excluding hydrogens is 416 g/mol. The summed E-state index contributed by atoms with van der Waals surface area (Å²) in [4.78, 5) is 12.5. The van der Waals surface area contributed by atoms with Gasteiger partial charge in [-0.25, -0.2) is 8.42 Å². The van der Waals surface area contributed by atoms with Crippen LogP contribution in [0.2, 0.25) is 0 Å². The van der Waals surface area contributed by atoms with Crippen LogP contribution in [-0.2, 0) is 14.8 Å². The molecular formula is C23H24N2O5S. The van der Waals surface area contributed by atoms with E-state index in [4.69, 9.17) is 9.47 Å². The number of hydrogen-bond donors (Lipinski definition) is 2. The van der Waals surface area contributed by atoms with Crippen molar-refractivity contribution in [1.82, 2.24) is 0 Å². The van der Waals surface area contributed by atoms with E-state index in [1.165, 1.54) is 31.4 Å². The first kappa shape index (κ1) is 22.2. The van der Waals surface area contributed by atoms with E-state index in [-0.39, 0.29) is 10.8 Å². The first-order valence-electron chi connectivity index (χ1n) is 9.58. The fraction of sp³-hybridized carbons (Fsp3) is 0.174. The van der Waals surface area contributed by atoms with E-state index in [9.17, 15) is 13.2 Å². The van der Waals surface area contributed by atoms with Crippen LogP contribution in [0.5, 0.6) is 11.5 Å². The van der Waals surface area contributed by atoms with Gasteiger partial charge in [-0.2, -0.15) is 0 Å². The van der Waals surface area contributed by atoms with Crippen molar-refractivity contribution in [1.29, 1.82) is 0 Å². The summed E-state index contributed by atoms with van der Waals surface area (Å²) in [6.07, 6.45) is -0.789. The lowest BCUT2D eigenvalue weighted by Gasteiger charge is -2.16. The third kappa shape index (κ3) is 5.76. The molecule has 0 saturated carbocycles. The zero-order valence-corrected chi connectivity index (χ0v) is 18.3. The van der Waals surface area contributed by atoms with Gasteiger partial charge in [0.2, 0.25) is 0 Å². The minimum Gasteiger partial charge on any atom is -0.493 e. The van der Waals surface area contributed by atoms with Crippen molar-refractivity contribution in [3.05, 3.63) is 78.4 Å². The SMILES string of the molecule is COc1ccccc1O[C@@H](C)C(=O)Nc1ccc(S(=O)(=O)Nc2ccc(C)cc2)cc1. The van der Waals surface area contributed by atoms with Crippen molar-refractivity contribution in [3.63, 3.8) is 0 Å². The lowest BCUT2D eigenvalue weighted by molar-refractivity contribution is -0.122. The van der Waals surface area contributed by atoms with Gasteiger partial charge < -0.3 is 14.8 Å². The van der Waals surface area contributed by atoms with Gasteiger partial charge in [-0.15, -0.1) is 0 Å². The Morgan fingerprint density at radius 1 is 0.871 bits per heavy atom. The molecule has 31 heavy (non-hydrogen) atoms. The van der Waals surface area contributed by atoms with E-state index in [0.717, 1.165) is 5.56 Å². The van der Waals surface area contributed by atoms with Crippen LogP contribution in [-0.4, -0.2) is 27.5 Å². The Bertz CT molecular complexity index is 1140. The van der Waals surface area contributed by atoms with Crippen LogP contribution in [0, 0.1) is 6.92 Å². The number of sulfonamides is 1. The number of methoxy groups -OCH3 is 1. The van der Waals surface area contributed by atoms with E-state index in [2.05, 4.69) is 10.0 Å². The minimum absolute atomic E-state index is 0.0874. The molecule has 0 radical (unpaired) electrons. The molecule has 0 aliphatic heterocycles. The molecule has 1 amide bonds. The Morgan fingerprint density at radius 2 is 1.45 bits per heavy atom. The van der Waals surface area contributed by atoms with Crippen molar-refractivity contribution >= 4 is 27.3 Å². The number of amides is 1. The molecule has 0 unspecified atom stereocenters. The first-order chi connectivity index (χ1) is 14.8. The highest BCUT2D eigenvalue weighted by Crippen LogP contribution is 2.27. The van der Waals surface area contributed by atoms with Crippen LogP contribution in [0.25, 0.3) is 0 Å².